The Hall–Kier alpha value is -0.300. The van der Waals surface area contributed by atoms with Crippen LogP contribution in [0.1, 0.15) is 32.6 Å². The van der Waals surface area contributed by atoms with Crippen LogP contribution in [0, 0.1) is 0 Å². The molecule has 4 nitrogen and oxygen atoms in total. The van der Waals surface area contributed by atoms with Crippen molar-refractivity contribution < 1.29 is 4.74 Å². The number of methoxy groups -OCH3 is 1. The molecule has 1 rings (SSSR count). The maximum atomic E-state index is 5.75. The van der Waals surface area contributed by atoms with Crippen molar-refractivity contribution in [1.29, 1.82) is 0 Å². The second kappa shape index (κ2) is 9.70. The molecule has 100 valence electrons. The van der Waals surface area contributed by atoms with Gasteiger partial charge >= 0.3 is 0 Å². The number of hydrogen-bond donors (Lipinski definition) is 2. The lowest BCUT2D eigenvalue weighted by molar-refractivity contribution is 0.179. The van der Waals surface area contributed by atoms with Gasteiger partial charge in [0.2, 0.25) is 0 Å². The number of ether oxygens (including phenoxy) is 1. The molecule has 0 radical (unpaired) electrons. The van der Waals surface area contributed by atoms with E-state index < -0.39 is 0 Å². The summed E-state index contributed by atoms with van der Waals surface area (Å²) in [6, 6.07) is 0.208. The van der Waals surface area contributed by atoms with Crippen molar-refractivity contribution in [3.63, 3.8) is 0 Å². The normalized spacial score (nSPS) is 17.3. The van der Waals surface area contributed by atoms with Crippen molar-refractivity contribution in [2.75, 3.05) is 20.3 Å². The third-order valence-corrected chi connectivity index (χ3v) is 2.66. The predicted octanol–water partition coefficient (Wildman–Crippen LogP) is 2.04. The zero-order chi connectivity index (χ0) is 11.8. The van der Waals surface area contributed by atoms with Crippen LogP contribution in [0.4, 0.5) is 0 Å². The lowest BCUT2D eigenvalue weighted by Crippen LogP contribution is -2.40. The molecule has 0 fully saturated rings. The number of rotatable bonds is 6. The molecule has 5 heteroatoms. The van der Waals surface area contributed by atoms with E-state index >= 15 is 0 Å². The molecule has 0 saturated heterocycles. The number of hydrogen-bond acceptors (Lipinski definition) is 2. The summed E-state index contributed by atoms with van der Waals surface area (Å²) in [6.07, 6.45) is 7.14. The van der Waals surface area contributed by atoms with E-state index in [1.807, 2.05) is 6.92 Å². The molecule has 0 bridgehead atoms. The Balaban J connectivity index is 0.00000256. The van der Waals surface area contributed by atoms with Crippen molar-refractivity contribution in [2.24, 2.45) is 10.7 Å². The summed E-state index contributed by atoms with van der Waals surface area (Å²) in [5.41, 5.74) is 7.28. The average Bonchev–Trinajstić information content (AvgIpc) is 2.70. The van der Waals surface area contributed by atoms with Gasteiger partial charge in [0.05, 0.1) is 6.61 Å². The minimum atomic E-state index is 0. The molecular weight excluding hydrogens is 329 g/mol. The Morgan fingerprint density at radius 2 is 2.41 bits per heavy atom. The summed E-state index contributed by atoms with van der Waals surface area (Å²) in [7, 11) is 1.68. The van der Waals surface area contributed by atoms with Crippen LogP contribution >= 0.6 is 24.0 Å². The fourth-order valence-corrected chi connectivity index (χ4v) is 1.87. The maximum Gasteiger partial charge on any atom is 0.188 e. The first-order chi connectivity index (χ1) is 7.72. The average molecular weight is 353 g/mol. The summed E-state index contributed by atoms with van der Waals surface area (Å²) in [5.74, 6) is 0.517. The van der Waals surface area contributed by atoms with Gasteiger partial charge in [-0.3, -0.25) is 4.99 Å². The molecule has 3 N–H and O–H groups in total. The number of nitrogens with zero attached hydrogens (tertiary/aromatic N) is 1. The number of halogens is 1. The lowest BCUT2D eigenvalue weighted by Gasteiger charge is -2.13. The van der Waals surface area contributed by atoms with Gasteiger partial charge in [-0.2, -0.15) is 0 Å². The van der Waals surface area contributed by atoms with E-state index in [2.05, 4.69) is 16.4 Å². The molecule has 0 aromatic rings. The number of nitrogens with two attached hydrogens (primary N) is 1. The zero-order valence-corrected chi connectivity index (χ0v) is 13.1. The fraction of sp³-hybridized carbons (Fsp3) is 0.750. The summed E-state index contributed by atoms with van der Waals surface area (Å²) >= 11 is 0. The van der Waals surface area contributed by atoms with Crippen LogP contribution in [0.3, 0.4) is 0 Å². The number of guanidine groups is 1. The molecule has 1 aliphatic rings. The van der Waals surface area contributed by atoms with E-state index in [4.69, 9.17) is 10.5 Å². The summed E-state index contributed by atoms with van der Waals surface area (Å²) in [4.78, 5) is 4.30. The molecule has 0 aromatic heterocycles. The Kier molecular flexibility index (Phi) is 9.53. The minimum absolute atomic E-state index is 0. The lowest BCUT2D eigenvalue weighted by atomic mass is 10.2. The molecule has 0 heterocycles. The monoisotopic (exact) mass is 353 g/mol. The summed E-state index contributed by atoms with van der Waals surface area (Å²) in [5, 5.41) is 3.09. The largest absolute Gasteiger partial charge is 0.383 e. The van der Waals surface area contributed by atoms with Gasteiger partial charge in [-0.15, -0.1) is 24.0 Å². The first-order valence-corrected chi connectivity index (χ1v) is 5.95. The highest BCUT2D eigenvalue weighted by Gasteiger charge is 2.04. The van der Waals surface area contributed by atoms with Crippen LogP contribution in [-0.2, 0) is 4.74 Å². The van der Waals surface area contributed by atoms with Gasteiger partial charge in [-0.05, 0) is 32.6 Å². The Bertz CT molecular complexity index is 266. The van der Waals surface area contributed by atoms with Crippen LogP contribution in [0.25, 0.3) is 0 Å². The van der Waals surface area contributed by atoms with Crippen molar-refractivity contribution in [2.45, 2.75) is 38.6 Å². The van der Waals surface area contributed by atoms with Gasteiger partial charge < -0.3 is 15.8 Å². The van der Waals surface area contributed by atoms with E-state index in [1.54, 1.807) is 7.11 Å². The van der Waals surface area contributed by atoms with Crippen LogP contribution < -0.4 is 11.1 Å². The second-order valence-corrected chi connectivity index (χ2v) is 4.27. The van der Waals surface area contributed by atoms with E-state index in [0.717, 1.165) is 13.0 Å². The smallest absolute Gasteiger partial charge is 0.188 e. The highest BCUT2D eigenvalue weighted by Crippen LogP contribution is 2.20. The molecule has 17 heavy (non-hydrogen) atoms. The van der Waals surface area contributed by atoms with Crippen molar-refractivity contribution in [1.82, 2.24) is 5.32 Å². The molecule has 1 unspecified atom stereocenters. The van der Waals surface area contributed by atoms with Crippen molar-refractivity contribution in [3.8, 4) is 0 Å². The Morgan fingerprint density at radius 3 is 3.00 bits per heavy atom. The van der Waals surface area contributed by atoms with Crippen molar-refractivity contribution in [3.05, 3.63) is 11.6 Å². The topological polar surface area (TPSA) is 59.6 Å². The third kappa shape index (κ3) is 7.59. The molecule has 1 aliphatic carbocycles. The van der Waals surface area contributed by atoms with E-state index in [0.29, 0.717) is 12.6 Å². The first-order valence-electron chi connectivity index (χ1n) is 5.95. The third-order valence-electron chi connectivity index (χ3n) is 2.66. The highest BCUT2D eigenvalue weighted by molar-refractivity contribution is 14.0. The van der Waals surface area contributed by atoms with Gasteiger partial charge in [0.15, 0.2) is 5.96 Å². The Labute approximate surface area is 121 Å². The SMILES string of the molecule is COCC(C)NC(N)=NCCC1=CCCC1.I. The van der Waals surface area contributed by atoms with E-state index in [9.17, 15) is 0 Å². The molecule has 0 aliphatic heterocycles. The van der Waals surface area contributed by atoms with Crippen LogP contribution in [0.5, 0.6) is 0 Å². The quantitative estimate of drug-likeness (QED) is 0.333. The molecule has 0 aromatic carbocycles. The van der Waals surface area contributed by atoms with Gasteiger partial charge in [0.25, 0.3) is 0 Å². The molecule has 1 atom stereocenters. The molecule has 0 amide bonds. The fourth-order valence-electron chi connectivity index (χ4n) is 1.87. The summed E-state index contributed by atoms with van der Waals surface area (Å²) in [6.45, 7) is 3.44. The van der Waals surface area contributed by atoms with Crippen LogP contribution in [-0.4, -0.2) is 32.3 Å². The first kappa shape index (κ1) is 16.7. The summed E-state index contributed by atoms with van der Waals surface area (Å²) < 4.78 is 5.01. The number of allylic oxidation sites excluding steroid dienone is 1. The highest BCUT2D eigenvalue weighted by atomic mass is 127. The second-order valence-electron chi connectivity index (χ2n) is 4.27. The maximum absolute atomic E-state index is 5.75. The molecule has 0 saturated carbocycles. The van der Waals surface area contributed by atoms with E-state index in [-0.39, 0.29) is 30.0 Å². The van der Waals surface area contributed by atoms with Gasteiger partial charge in [-0.25, -0.2) is 0 Å². The van der Waals surface area contributed by atoms with Crippen molar-refractivity contribution >= 4 is 29.9 Å². The van der Waals surface area contributed by atoms with Crippen LogP contribution in [0.15, 0.2) is 16.6 Å². The predicted molar refractivity (Wildman–Crippen MR) is 82.9 cm³/mol. The zero-order valence-electron chi connectivity index (χ0n) is 10.7. The number of aliphatic imine (C=N–C) groups is 1. The molecular formula is C12H24IN3O. The van der Waals surface area contributed by atoms with Gasteiger partial charge in [0.1, 0.15) is 0 Å². The van der Waals surface area contributed by atoms with Gasteiger partial charge in [-0.1, -0.05) is 11.6 Å². The standard InChI is InChI=1S/C12H23N3O.HI/c1-10(9-16-2)15-12(13)14-8-7-11-5-3-4-6-11;/h5,10H,3-4,6-9H2,1-2H3,(H3,13,14,15);1H. The van der Waals surface area contributed by atoms with E-state index in [1.165, 1.54) is 24.8 Å². The van der Waals surface area contributed by atoms with Gasteiger partial charge in [0, 0.05) is 19.7 Å². The molecule has 0 spiro atoms. The minimum Gasteiger partial charge on any atom is -0.383 e. The Morgan fingerprint density at radius 1 is 1.65 bits per heavy atom. The van der Waals surface area contributed by atoms with Crippen LogP contribution in [0.2, 0.25) is 0 Å². The number of nitrogens with one attached hydrogen (secondary N) is 1.